The van der Waals surface area contributed by atoms with E-state index in [2.05, 4.69) is 21.2 Å². The number of aliphatic hydroxyl groups excluding tert-OH is 1. The third-order valence-corrected chi connectivity index (χ3v) is 3.70. The summed E-state index contributed by atoms with van der Waals surface area (Å²) in [6, 6.07) is 5.13. The maximum atomic E-state index is 12.0. The zero-order valence-electron chi connectivity index (χ0n) is 11.3. The number of nitrogens with one attached hydrogen (secondary N) is 1. The van der Waals surface area contributed by atoms with Crippen molar-refractivity contribution in [1.82, 2.24) is 5.32 Å². The van der Waals surface area contributed by atoms with Crippen molar-refractivity contribution in [3.05, 3.63) is 33.3 Å². The van der Waals surface area contributed by atoms with Gasteiger partial charge in [0.05, 0.1) is 16.7 Å². The summed E-state index contributed by atoms with van der Waals surface area (Å²) < 4.78 is 0.803. The SMILES string of the molecule is CC(C)(C)C(O)CCNC(=O)c1cc(Br)ccc1Cl. The van der Waals surface area contributed by atoms with Gasteiger partial charge in [-0.1, -0.05) is 48.3 Å². The molecule has 0 fully saturated rings. The Morgan fingerprint density at radius 1 is 1.47 bits per heavy atom. The van der Waals surface area contributed by atoms with E-state index < -0.39 is 6.10 Å². The molecular weight excluding hydrogens is 330 g/mol. The van der Waals surface area contributed by atoms with Crippen molar-refractivity contribution in [3.8, 4) is 0 Å². The van der Waals surface area contributed by atoms with Gasteiger partial charge in [0.15, 0.2) is 0 Å². The highest BCUT2D eigenvalue weighted by atomic mass is 79.9. The Kier molecular flexibility index (Phi) is 5.83. The molecule has 1 unspecified atom stereocenters. The van der Waals surface area contributed by atoms with E-state index >= 15 is 0 Å². The van der Waals surface area contributed by atoms with Gasteiger partial charge in [0.1, 0.15) is 0 Å². The summed E-state index contributed by atoms with van der Waals surface area (Å²) in [6.07, 6.45) is 0.0618. The van der Waals surface area contributed by atoms with Crippen LogP contribution in [0.4, 0.5) is 0 Å². The first kappa shape index (κ1) is 16.5. The quantitative estimate of drug-likeness (QED) is 0.873. The van der Waals surface area contributed by atoms with Crippen molar-refractivity contribution in [2.75, 3.05) is 6.54 Å². The standard InChI is InChI=1S/C14H19BrClNO2/c1-14(2,3)12(18)6-7-17-13(19)10-8-9(15)4-5-11(10)16/h4-5,8,12,18H,6-7H2,1-3H3,(H,17,19). The first-order valence-electron chi connectivity index (χ1n) is 6.13. The number of hydrogen-bond donors (Lipinski definition) is 2. The topological polar surface area (TPSA) is 49.3 Å². The van der Waals surface area contributed by atoms with Crippen LogP contribution in [0.5, 0.6) is 0 Å². The largest absolute Gasteiger partial charge is 0.393 e. The Labute approximate surface area is 127 Å². The highest BCUT2D eigenvalue weighted by Gasteiger charge is 2.21. The van der Waals surface area contributed by atoms with E-state index in [1.54, 1.807) is 18.2 Å². The number of rotatable bonds is 4. The maximum absolute atomic E-state index is 12.0. The van der Waals surface area contributed by atoms with Gasteiger partial charge in [0, 0.05) is 11.0 Å². The predicted molar refractivity (Wildman–Crippen MR) is 81.6 cm³/mol. The second-order valence-corrected chi connectivity index (χ2v) is 6.87. The number of halogens is 2. The first-order valence-corrected chi connectivity index (χ1v) is 7.30. The number of benzene rings is 1. The van der Waals surface area contributed by atoms with Crippen molar-refractivity contribution in [2.24, 2.45) is 5.41 Å². The van der Waals surface area contributed by atoms with E-state index in [0.29, 0.717) is 23.6 Å². The molecule has 0 aromatic heterocycles. The Bertz CT molecular complexity index is 457. The number of carbonyl (C=O) groups excluding carboxylic acids is 1. The highest BCUT2D eigenvalue weighted by Crippen LogP contribution is 2.22. The number of carbonyl (C=O) groups is 1. The molecule has 0 saturated heterocycles. The van der Waals surface area contributed by atoms with Gasteiger partial charge in [0.2, 0.25) is 0 Å². The maximum Gasteiger partial charge on any atom is 0.252 e. The third-order valence-electron chi connectivity index (χ3n) is 2.88. The van der Waals surface area contributed by atoms with Crippen molar-refractivity contribution in [1.29, 1.82) is 0 Å². The zero-order valence-corrected chi connectivity index (χ0v) is 13.7. The van der Waals surface area contributed by atoms with Crippen molar-refractivity contribution in [2.45, 2.75) is 33.3 Å². The average Bonchev–Trinajstić information content (AvgIpc) is 2.30. The van der Waals surface area contributed by atoms with Crippen LogP contribution in [-0.4, -0.2) is 23.7 Å². The molecule has 3 nitrogen and oxygen atoms in total. The summed E-state index contributed by atoms with van der Waals surface area (Å²) in [4.78, 5) is 12.0. The Morgan fingerprint density at radius 2 is 2.11 bits per heavy atom. The lowest BCUT2D eigenvalue weighted by atomic mass is 9.87. The fourth-order valence-corrected chi connectivity index (χ4v) is 2.09. The third kappa shape index (κ3) is 5.13. The molecule has 1 amide bonds. The zero-order chi connectivity index (χ0) is 14.6. The summed E-state index contributed by atoms with van der Waals surface area (Å²) >= 11 is 9.28. The minimum Gasteiger partial charge on any atom is -0.393 e. The monoisotopic (exact) mass is 347 g/mol. The van der Waals surface area contributed by atoms with Crippen molar-refractivity contribution in [3.63, 3.8) is 0 Å². The lowest BCUT2D eigenvalue weighted by molar-refractivity contribution is 0.0551. The molecule has 19 heavy (non-hydrogen) atoms. The molecular formula is C14H19BrClNO2. The van der Waals surface area contributed by atoms with E-state index in [1.807, 2.05) is 20.8 Å². The number of hydrogen-bond acceptors (Lipinski definition) is 2. The second-order valence-electron chi connectivity index (χ2n) is 5.55. The second kappa shape index (κ2) is 6.73. The van der Waals surface area contributed by atoms with Gasteiger partial charge >= 0.3 is 0 Å². The van der Waals surface area contributed by atoms with E-state index in [-0.39, 0.29) is 11.3 Å². The van der Waals surface area contributed by atoms with E-state index in [1.165, 1.54) is 0 Å². The van der Waals surface area contributed by atoms with Gasteiger partial charge in [-0.2, -0.15) is 0 Å². The summed E-state index contributed by atoms with van der Waals surface area (Å²) in [5, 5.41) is 13.1. The van der Waals surface area contributed by atoms with Crippen LogP contribution in [0.1, 0.15) is 37.6 Å². The molecule has 2 N–H and O–H groups in total. The fraction of sp³-hybridized carbons (Fsp3) is 0.500. The minimum absolute atomic E-state index is 0.182. The Hall–Kier alpha value is -0.580. The van der Waals surface area contributed by atoms with E-state index in [9.17, 15) is 9.90 Å². The summed E-state index contributed by atoms with van der Waals surface area (Å²) in [5.41, 5.74) is 0.249. The van der Waals surface area contributed by atoms with Gasteiger partial charge in [-0.25, -0.2) is 0 Å². The molecule has 106 valence electrons. The van der Waals surface area contributed by atoms with Gasteiger partial charge in [-0.3, -0.25) is 4.79 Å². The van der Waals surface area contributed by atoms with E-state index in [4.69, 9.17) is 11.6 Å². The minimum atomic E-state index is -0.453. The number of aliphatic hydroxyl groups is 1. The molecule has 0 aliphatic rings. The fourth-order valence-electron chi connectivity index (χ4n) is 1.52. The summed E-state index contributed by atoms with van der Waals surface area (Å²) in [6.45, 7) is 6.31. The van der Waals surface area contributed by atoms with Crippen LogP contribution < -0.4 is 5.32 Å². The van der Waals surface area contributed by atoms with Crippen LogP contribution in [0.3, 0.4) is 0 Å². The van der Waals surface area contributed by atoms with E-state index in [0.717, 1.165) is 4.47 Å². The molecule has 0 saturated carbocycles. The summed E-state index contributed by atoms with van der Waals surface area (Å²) in [7, 11) is 0. The van der Waals surface area contributed by atoms with Crippen LogP contribution in [0.2, 0.25) is 5.02 Å². The number of amides is 1. The summed E-state index contributed by atoms with van der Waals surface area (Å²) in [5.74, 6) is -0.229. The molecule has 0 aliphatic carbocycles. The molecule has 0 heterocycles. The van der Waals surface area contributed by atoms with Crippen molar-refractivity contribution >= 4 is 33.4 Å². The predicted octanol–water partition coefficient (Wildman–Crippen LogP) is 3.63. The molecule has 0 radical (unpaired) electrons. The molecule has 1 aromatic rings. The lowest BCUT2D eigenvalue weighted by Gasteiger charge is -2.25. The average molecular weight is 349 g/mol. The molecule has 0 aliphatic heterocycles. The van der Waals surface area contributed by atoms with Gasteiger partial charge in [-0.05, 0) is 30.0 Å². The molecule has 0 spiro atoms. The van der Waals surface area contributed by atoms with Crippen LogP contribution in [0, 0.1) is 5.41 Å². The lowest BCUT2D eigenvalue weighted by Crippen LogP contribution is -2.32. The molecule has 0 bridgehead atoms. The van der Waals surface area contributed by atoms with Gasteiger partial charge in [0.25, 0.3) is 5.91 Å². The van der Waals surface area contributed by atoms with Gasteiger partial charge < -0.3 is 10.4 Å². The van der Waals surface area contributed by atoms with Crippen molar-refractivity contribution < 1.29 is 9.90 Å². The van der Waals surface area contributed by atoms with Crippen LogP contribution in [-0.2, 0) is 0 Å². The van der Waals surface area contributed by atoms with Crippen LogP contribution in [0.15, 0.2) is 22.7 Å². The van der Waals surface area contributed by atoms with Gasteiger partial charge in [-0.15, -0.1) is 0 Å². The van der Waals surface area contributed by atoms with Crippen LogP contribution >= 0.6 is 27.5 Å². The molecule has 1 rings (SSSR count). The highest BCUT2D eigenvalue weighted by molar-refractivity contribution is 9.10. The molecule has 1 atom stereocenters. The first-order chi connectivity index (χ1) is 8.71. The normalized spacial score (nSPS) is 13.2. The smallest absolute Gasteiger partial charge is 0.252 e. The van der Waals surface area contributed by atoms with Crippen LogP contribution in [0.25, 0.3) is 0 Å². The Morgan fingerprint density at radius 3 is 2.68 bits per heavy atom. The molecule has 5 heteroatoms. The Balaban J connectivity index is 2.55. The molecule has 1 aromatic carbocycles.